The second-order valence-electron chi connectivity index (χ2n) is 7.01. The highest BCUT2D eigenvalue weighted by atomic mass is 79.9. The number of aromatic nitrogens is 4. The molecule has 0 aliphatic rings. The third kappa shape index (κ3) is 3.98. The number of benzene rings is 1. The first-order valence-electron chi connectivity index (χ1n) is 7.78. The van der Waals surface area contributed by atoms with Crippen LogP contribution in [0, 0.1) is 5.41 Å². The van der Waals surface area contributed by atoms with Crippen LogP contribution in [0.4, 0.5) is 13.2 Å². The molecule has 5 nitrogen and oxygen atoms in total. The van der Waals surface area contributed by atoms with Gasteiger partial charge >= 0.3 is 6.18 Å². The third-order valence-electron chi connectivity index (χ3n) is 3.44. The summed E-state index contributed by atoms with van der Waals surface area (Å²) in [5.41, 5.74) is 0.378. The SMILES string of the molecule is CC(C)(C)Cn1nnc2c(Br)c(Oc3cccc(C(F)(F)F)n3)ccc21. The number of pyridine rings is 1. The molecule has 1 aromatic carbocycles. The number of halogens is 4. The first-order chi connectivity index (χ1) is 12.0. The molecule has 2 aromatic heterocycles. The van der Waals surface area contributed by atoms with Gasteiger partial charge in [0, 0.05) is 12.6 Å². The first kappa shape index (κ1) is 18.6. The van der Waals surface area contributed by atoms with Crippen molar-refractivity contribution in [3.63, 3.8) is 0 Å². The summed E-state index contributed by atoms with van der Waals surface area (Å²) < 4.78 is 46.2. The van der Waals surface area contributed by atoms with E-state index >= 15 is 0 Å². The van der Waals surface area contributed by atoms with Gasteiger partial charge in [0.2, 0.25) is 5.88 Å². The molecule has 0 unspecified atom stereocenters. The molecule has 26 heavy (non-hydrogen) atoms. The summed E-state index contributed by atoms with van der Waals surface area (Å²) in [6.07, 6.45) is -4.53. The van der Waals surface area contributed by atoms with Gasteiger partial charge in [-0.2, -0.15) is 13.2 Å². The summed E-state index contributed by atoms with van der Waals surface area (Å²) in [6.45, 7) is 6.94. The zero-order valence-electron chi connectivity index (χ0n) is 14.3. The lowest BCUT2D eigenvalue weighted by molar-refractivity contribution is -0.141. The van der Waals surface area contributed by atoms with Crippen LogP contribution < -0.4 is 4.74 Å². The number of alkyl halides is 3. The Hall–Kier alpha value is -2.16. The number of ether oxygens (including phenoxy) is 1. The van der Waals surface area contributed by atoms with Crippen molar-refractivity contribution >= 4 is 27.0 Å². The van der Waals surface area contributed by atoms with Gasteiger partial charge in [-0.25, -0.2) is 9.67 Å². The second kappa shape index (κ2) is 6.53. The summed E-state index contributed by atoms with van der Waals surface area (Å²) in [4.78, 5) is 3.50. The van der Waals surface area contributed by atoms with Crippen molar-refractivity contribution < 1.29 is 17.9 Å². The zero-order valence-corrected chi connectivity index (χ0v) is 15.9. The molecule has 0 saturated heterocycles. The predicted octanol–water partition coefficient (Wildman–Crippen LogP) is 5.45. The van der Waals surface area contributed by atoms with E-state index in [1.54, 1.807) is 16.8 Å². The first-order valence-corrected chi connectivity index (χ1v) is 8.58. The maximum absolute atomic E-state index is 12.8. The Morgan fingerprint density at radius 2 is 1.85 bits per heavy atom. The molecule has 0 radical (unpaired) electrons. The molecule has 0 atom stereocenters. The molecule has 0 aliphatic heterocycles. The van der Waals surface area contributed by atoms with E-state index < -0.39 is 11.9 Å². The monoisotopic (exact) mass is 428 g/mol. The van der Waals surface area contributed by atoms with E-state index in [-0.39, 0.29) is 11.3 Å². The summed E-state index contributed by atoms with van der Waals surface area (Å²) in [5.74, 6) is 0.161. The molecular formula is C17H16BrF3N4O. The molecule has 0 N–H and O–H groups in total. The van der Waals surface area contributed by atoms with E-state index in [4.69, 9.17) is 4.74 Å². The Kier molecular flexibility index (Phi) is 4.68. The summed E-state index contributed by atoms with van der Waals surface area (Å²) in [6, 6.07) is 6.92. The lowest BCUT2D eigenvalue weighted by Crippen LogP contribution is -2.16. The normalized spacial score (nSPS) is 12.6. The average molecular weight is 429 g/mol. The summed E-state index contributed by atoms with van der Waals surface area (Å²) in [5, 5.41) is 8.30. The van der Waals surface area contributed by atoms with Crippen molar-refractivity contribution in [2.45, 2.75) is 33.5 Å². The van der Waals surface area contributed by atoms with Gasteiger partial charge < -0.3 is 4.74 Å². The Labute approximate surface area is 156 Å². The van der Waals surface area contributed by atoms with Crippen molar-refractivity contribution in [1.82, 2.24) is 20.0 Å². The number of nitrogens with zero attached hydrogens (tertiary/aromatic N) is 4. The van der Waals surface area contributed by atoms with E-state index in [9.17, 15) is 13.2 Å². The van der Waals surface area contributed by atoms with Gasteiger partial charge in [0.25, 0.3) is 0 Å². The van der Waals surface area contributed by atoms with Crippen LogP contribution in [0.1, 0.15) is 26.5 Å². The molecule has 3 rings (SSSR count). The van der Waals surface area contributed by atoms with Gasteiger partial charge in [-0.05, 0) is 39.5 Å². The maximum atomic E-state index is 12.8. The molecule has 2 heterocycles. The van der Waals surface area contributed by atoms with E-state index in [0.717, 1.165) is 11.6 Å². The van der Waals surface area contributed by atoms with E-state index in [0.29, 0.717) is 22.3 Å². The molecule has 0 fully saturated rings. The molecule has 0 amide bonds. The third-order valence-corrected chi connectivity index (χ3v) is 4.21. The van der Waals surface area contributed by atoms with Gasteiger partial charge in [-0.1, -0.05) is 32.1 Å². The fraction of sp³-hybridized carbons (Fsp3) is 0.353. The van der Waals surface area contributed by atoms with Crippen molar-refractivity contribution in [1.29, 1.82) is 0 Å². The minimum Gasteiger partial charge on any atom is -0.438 e. The standard InChI is InChI=1S/C17H16BrF3N4O/c1-16(2,3)9-25-10-7-8-11(14(18)15(10)23-24-25)26-13-6-4-5-12(22-13)17(19,20)21/h4-8H,9H2,1-3H3. The summed E-state index contributed by atoms with van der Waals surface area (Å²) >= 11 is 3.40. The van der Waals surface area contributed by atoms with Crippen LogP contribution in [0.2, 0.25) is 0 Å². The minimum atomic E-state index is -4.53. The highest BCUT2D eigenvalue weighted by molar-refractivity contribution is 9.10. The van der Waals surface area contributed by atoms with Crippen LogP contribution in [0.25, 0.3) is 11.0 Å². The van der Waals surface area contributed by atoms with Gasteiger partial charge in [0.05, 0.1) is 9.99 Å². The topological polar surface area (TPSA) is 52.8 Å². The van der Waals surface area contributed by atoms with E-state index in [1.807, 2.05) is 0 Å². The van der Waals surface area contributed by atoms with Crippen molar-refractivity contribution in [2.24, 2.45) is 5.41 Å². The van der Waals surface area contributed by atoms with Crippen LogP contribution in [0.15, 0.2) is 34.8 Å². The van der Waals surface area contributed by atoms with Crippen LogP contribution >= 0.6 is 15.9 Å². The molecular weight excluding hydrogens is 413 g/mol. The molecule has 9 heteroatoms. The Morgan fingerprint density at radius 1 is 1.12 bits per heavy atom. The second-order valence-corrected chi connectivity index (χ2v) is 7.81. The fourth-order valence-electron chi connectivity index (χ4n) is 2.37. The minimum absolute atomic E-state index is 0.0181. The molecule has 0 aliphatic carbocycles. The van der Waals surface area contributed by atoms with Crippen molar-refractivity contribution in [2.75, 3.05) is 0 Å². The maximum Gasteiger partial charge on any atom is 0.433 e. The average Bonchev–Trinajstić information content (AvgIpc) is 2.91. The van der Waals surface area contributed by atoms with Gasteiger partial charge in [0.1, 0.15) is 17.0 Å². The highest BCUT2D eigenvalue weighted by Gasteiger charge is 2.32. The van der Waals surface area contributed by atoms with Gasteiger partial charge in [-0.3, -0.25) is 0 Å². The quantitative estimate of drug-likeness (QED) is 0.556. The lowest BCUT2D eigenvalue weighted by Gasteiger charge is -2.18. The van der Waals surface area contributed by atoms with Crippen molar-refractivity contribution in [3.8, 4) is 11.6 Å². The molecule has 0 bridgehead atoms. The Bertz CT molecular complexity index is 947. The Morgan fingerprint density at radius 3 is 2.50 bits per heavy atom. The van der Waals surface area contributed by atoms with Gasteiger partial charge in [0.15, 0.2) is 0 Å². The van der Waals surface area contributed by atoms with Crippen LogP contribution in [-0.2, 0) is 12.7 Å². The van der Waals surface area contributed by atoms with Crippen molar-refractivity contribution in [3.05, 3.63) is 40.5 Å². The predicted molar refractivity (Wildman–Crippen MR) is 94.0 cm³/mol. The highest BCUT2D eigenvalue weighted by Crippen LogP contribution is 2.36. The van der Waals surface area contributed by atoms with E-state index in [2.05, 4.69) is 52.0 Å². The number of hydrogen-bond acceptors (Lipinski definition) is 4. The lowest BCUT2D eigenvalue weighted by atomic mass is 9.97. The van der Waals surface area contributed by atoms with Crippen LogP contribution in [0.3, 0.4) is 0 Å². The number of fused-ring (bicyclic) bond motifs is 1. The van der Waals surface area contributed by atoms with Crippen LogP contribution in [0.5, 0.6) is 11.6 Å². The zero-order chi connectivity index (χ0) is 19.1. The summed E-state index contributed by atoms with van der Waals surface area (Å²) in [7, 11) is 0. The van der Waals surface area contributed by atoms with E-state index in [1.165, 1.54) is 12.1 Å². The number of hydrogen-bond donors (Lipinski definition) is 0. The smallest absolute Gasteiger partial charge is 0.433 e. The molecule has 138 valence electrons. The number of rotatable bonds is 3. The molecule has 3 aromatic rings. The van der Waals surface area contributed by atoms with Crippen LogP contribution in [-0.4, -0.2) is 20.0 Å². The van der Waals surface area contributed by atoms with Gasteiger partial charge in [-0.15, -0.1) is 5.10 Å². The Balaban J connectivity index is 1.94. The molecule has 0 saturated carbocycles. The largest absolute Gasteiger partial charge is 0.438 e. The molecule has 0 spiro atoms. The fourth-order valence-corrected chi connectivity index (χ4v) is 2.87.